The van der Waals surface area contributed by atoms with Crippen LogP contribution in [0.15, 0.2) is 18.2 Å². The number of hydrogen-bond acceptors (Lipinski definition) is 3. The molecule has 2 N–H and O–H groups in total. The number of benzene rings is 1. The maximum Gasteiger partial charge on any atom is 0.419 e. The topological polar surface area (TPSA) is 35.5 Å². The standard InChI is InChI=1S/C15H20F4N2O.ClH/c16-13-10-11(3-4-12(13)15(17,18)19)14(2-1-9-22)21-7-5-20-6-8-21;/h3-4,10,14,20,22H,1-2,5-9H2;1H/t14-;/m0./s1. The molecule has 0 bridgehead atoms. The Morgan fingerprint density at radius 1 is 1.22 bits per heavy atom. The van der Waals surface area contributed by atoms with E-state index in [0.717, 1.165) is 38.3 Å². The second-order valence-electron chi connectivity index (χ2n) is 5.40. The van der Waals surface area contributed by atoms with Gasteiger partial charge in [-0.1, -0.05) is 6.07 Å². The maximum atomic E-state index is 13.8. The first kappa shape index (κ1) is 20.2. The number of rotatable bonds is 5. The zero-order valence-corrected chi connectivity index (χ0v) is 13.4. The molecule has 0 spiro atoms. The van der Waals surface area contributed by atoms with E-state index in [-0.39, 0.29) is 25.1 Å². The van der Waals surface area contributed by atoms with Gasteiger partial charge in [-0.3, -0.25) is 4.90 Å². The summed E-state index contributed by atoms with van der Waals surface area (Å²) in [7, 11) is 0. The van der Waals surface area contributed by atoms with E-state index >= 15 is 0 Å². The molecule has 132 valence electrons. The summed E-state index contributed by atoms with van der Waals surface area (Å²) in [5.74, 6) is -1.24. The summed E-state index contributed by atoms with van der Waals surface area (Å²) in [6.07, 6.45) is -3.57. The number of piperazine rings is 1. The molecule has 1 aromatic carbocycles. The number of hydrogen-bond donors (Lipinski definition) is 2. The Bertz CT molecular complexity index is 493. The van der Waals surface area contributed by atoms with Crippen LogP contribution in [-0.2, 0) is 6.18 Å². The zero-order chi connectivity index (χ0) is 16.2. The quantitative estimate of drug-likeness (QED) is 0.796. The molecule has 0 radical (unpaired) electrons. The Kier molecular flexibility index (Phi) is 7.73. The van der Waals surface area contributed by atoms with E-state index in [4.69, 9.17) is 5.11 Å². The van der Waals surface area contributed by atoms with Gasteiger partial charge in [0.25, 0.3) is 0 Å². The lowest BCUT2D eigenvalue weighted by molar-refractivity contribution is -0.140. The lowest BCUT2D eigenvalue weighted by Crippen LogP contribution is -2.45. The lowest BCUT2D eigenvalue weighted by atomic mass is 9.98. The van der Waals surface area contributed by atoms with Gasteiger partial charge in [-0.15, -0.1) is 12.4 Å². The third-order valence-corrected chi connectivity index (χ3v) is 3.91. The van der Waals surface area contributed by atoms with Gasteiger partial charge < -0.3 is 10.4 Å². The number of nitrogens with zero attached hydrogens (tertiary/aromatic N) is 1. The van der Waals surface area contributed by atoms with E-state index in [2.05, 4.69) is 10.2 Å². The number of aliphatic hydroxyl groups excluding tert-OH is 1. The van der Waals surface area contributed by atoms with E-state index in [1.165, 1.54) is 6.07 Å². The van der Waals surface area contributed by atoms with Crippen LogP contribution in [0.5, 0.6) is 0 Å². The molecule has 2 rings (SSSR count). The minimum Gasteiger partial charge on any atom is -0.396 e. The van der Waals surface area contributed by atoms with Gasteiger partial charge in [-0.2, -0.15) is 13.2 Å². The first-order valence-electron chi connectivity index (χ1n) is 7.35. The van der Waals surface area contributed by atoms with Crippen LogP contribution in [0, 0.1) is 5.82 Å². The second kappa shape index (κ2) is 8.82. The summed E-state index contributed by atoms with van der Waals surface area (Å²) in [6, 6.07) is 2.95. The van der Waals surface area contributed by atoms with Gasteiger partial charge in [0.15, 0.2) is 0 Å². The summed E-state index contributed by atoms with van der Waals surface area (Å²) < 4.78 is 51.7. The molecule has 0 aromatic heterocycles. The van der Waals surface area contributed by atoms with Crippen molar-refractivity contribution in [2.24, 2.45) is 0 Å². The maximum absolute atomic E-state index is 13.8. The molecule has 0 amide bonds. The fourth-order valence-corrected chi connectivity index (χ4v) is 2.81. The van der Waals surface area contributed by atoms with Gasteiger partial charge in [0.05, 0.1) is 5.56 Å². The molecule has 0 saturated carbocycles. The van der Waals surface area contributed by atoms with Crippen molar-refractivity contribution in [3.05, 3.63) is 35.1 Å². The average Bonchev–Trinajstić information content (AvgIpc) is 2.47. The van der Waals surface area contributed by atoms with Crippen molar-refractivity contribution < 1.29 is 22.7 Å². The van der Waals surface area contributed by atoms with Crippen LogP contribution in [-0.4, -0.2) is 42.8 Å². The van der Waals surface area contributed by atoms with Crippen LogP contribution in [0.4, 0.5) is 17.6 Å². The molecule has 1 aromatic rings. The predicted octanol–water partition coefficient (Wildman–Crippen LogP) is 2.99. The fraction of sp³-hybridized carbons (Fsp3) is 0.600. The summed E-state index contributed by atoms with van der Waals surface area (Å²) in [4.78, 5) is 2.12. The van der Waals surface area contributed by atoms with Crippen molar-refractivity contribution in [2.45, 2.75) is 25.1 Å². The summed E-state index contributed by atoms with van der Waals surface area (Å²) >= 11 is 0. The molecule has 3 nitrogen and oxygen atoms in total. The van der Waals surface area contributed by atoms with E-state index in [9.17, 15) is 17.6 Å². The largest absolute Gasteiger partial charge is 0.419 e. The highest BCUT2D eigenvalue weighted by Crippen LogP contribution is 2.34. The molecule has 1 atom stereocenters. The van der Waals surface area contributed by atoms with Crippen molar-refractivity contribution in [3.63, 3.8) is 0 Å². The Balaban J connectivity index is 0.00000264. The normalized spacial score (nSPS) is 17.6. The van der Waals surface area contributed by atoms with Gasteiger partial charge in [0, 0.05) is 38.8 Å². The zero-order valence-electron chi connectivity index (χ0n) is 12.6. The van der Waals surface area contributed by atoms with Crippen molar-refractivity contribution in [1.82, 2.24) is 10.2 Å². The lowest BCUT2D eigenvalue weighted by Gasteiger charge is -2.35. The summed E-state index contributed by atoms with van der Waals surface area (Å²) in [6.45, 7) is 3.08. The van der Waals surface area contributed by atoms with Gasteiger partial charge in [0.1, 0.15) is 5.82 Å². The van der Waals surface area contributed by atoms with E-state index in [1.807, 2.05) is 0 Å². The first-order chi connectivity index (χ1) is 10.4. The highest BCUT2D eigenvalue weighted by atomic mass is 35.5. The highest BCUT2D eigenvalue weighted by molar-refractivity contribution is 5.85. The Hall–Kier alpha value is -0.890. The van der Waals surface area contributed by atoms with Crippen LogP contribution in [0.3, 0.4) is 0 Å². The molecule has 1 aliphatic heterocycles. The number of aliphatic hydroxyl groups is 1. The van der Waals surface area contributed by atoms with Crippen molar-refractivity contribution >= 4 is 12.4 Å². The number of alkyl halides is 3. The molecular weight excluding hydrogens is 336 g/mol. The molecule has 0 unspecified atom stereocenters. The van der Waals surface area contributed by atoms with E-state index in [1.54, 1.807) is 0 Å². The van der Waals surface area contributed by atoms with Crippen LogP contribution in [0.2, 0.25) is 0 Å². The average molecular weight is 357 g/mol. The molecule has 1 saturated heterocycles. The first-order valence-corrected chi connectivity index (χ1v) is 7.35. The summed E-state index contributed by atoms with van der Waals surface area (Å²) in [5.41, 5.74) is -0.710. The smallest absolute Gasteiger partial charge is 0.396 e. The highest BCUT2D eigenvalue weighted by Gasteiger charge is 2.34. The van der Waals surface area contributed by atoms with Crippen molar-refractivity contribution in [3.8, 4) is 0 Å². The third kappa shape index (κ3) is 5.31. The number of nitrogens with one attached hydrogen (secondary N) is 1. The van der Waals surface area contributed by atoms with Gasteiger partial charge in [0.2, 0.25) is 0 Å². The monoisotopic (exact) mass is 356 g/mol. The van der Waals surface area contributed by atoms with Crippen LogP contribution in [0.25, 0.3) is 0 Å². The van der Waals surface area contributed by atoms with Gasteiger partial charge >= 0.3 is 6.18 Å². The Labute approximate surface area is 139 Å². The molecule has 1 fully saturated rings. The Morgan fingerprint density at radius 2 is 1.87 bits per heavy atom. The molecule has 23 heavy (non-hydrogen) atoms. The van der Waals surface area contributed by atoms with Crippen LogP contribution < -0.4 is 5.32 Å². The SMILES string of the molecule is Cl.OCCC[C@@H](c1ccc(C(F)(F)F)c(F)c1)N1CCNCC1. The van der Waals surface area contributed by atoms with Crippen molar-refractivity contribution in [2.75, 3.05) is 32.8 Å². The van der Waals surface area contributed by atoms with Gasteiger partial charge in [-0.25, -0.2) is 4.39 Å². The third-order valence-electron chi connectivity index (χ3n) is 3.91. The van der Waals surface area contributed by atoms with Crippen molar-refractivity contribution in [1.29, 1.82) is 0 Å². The Morgan fingerprint density at radius 3 is 2.39 bits per heavy atom. The minimum absolute atomic E-state index is 0. The molecule has 0 aliphatic carbocycles. The van der Waals surface area contributed by atoms with E-state index < -0.39 is 17.6 Å². The van der Waals surface area contributed by atoms with Crippen LogP contribution >= 0.6 is 12.4 Å². The molecule has 1 heterocycles. The fourth-order valence-electron chi connectivity index (χ4n) is 2.81. The van der Waals surface area contributed by atoms with E-state index in [0.29, 0.717) is 18.4 Å². The minimum atomic E-state index is -4.68. The van der Waals surface area contributed by atoms with Crippen LogP contribution in [0.1, 0.15) is 30.0 Å². The number of halogens is 5. The predicted molar refractivity (Wildman–Crippen MR) is 82.2 cm³/mol. The summed E-state index contributed by atoms with van der Waals surface area (Å²) in [5, 5.41) is 12.2. The second-order valence-corrected chi connectivity index (χ2v) is 5.40. The molecular formula is C15H21ClF4N2O. The molecule has 8 heteroatoms. The molecule has 1 aliphatic rings. The van der Waals surface area contributed by atoms with Gasteiger partial charge in [-0.05, 0) is 30.5 Å².